The van der Waals surface area contributed by atoms with Crippen LogP contribution in [0.5, 0.6) is 0 Å². The lowest BCUT2D eigenvalue weighted by Gasteiger charge is -2.31. The molecule has 2 saturated carbocycles. The number of carbonyl (C=O) groups excluding carboxylic acids is 1. The van der Waals surface area contributed by atoms with E-state index in [0.29, 0.717) is 24.4 Å². The molecule has 40 heavy (non-hydrogen) atoms. The molecule has 8 nitrogen and oxygen atoms in total. The van der Waals surface area contributed by atoms with Crippen LogP contribution in [0.25, 0.3) is 0 Å². The summed E-state index contributed by atoms with van der Waals surface area (Å²) in [4.78, 5) is 11.5. The van der Waals surface area contributed by atoms with Gasteiger partial charge >= 0.3 is 5.97 Å². The Balaban J connectivity index is 1.30. The molecule has 2 aliphatic heterocycles. The van der Waals surface area contributed by atoms with Crippen molar-refractivity contribution in [2.24, 2.45) is 29.6 Å². The Kier molecular flexibility index (Phi) is 11.5. The molecule has 8 atom stereocenters. The van der Waals surface area contributed by atoms with Crippen LogP contribution in [0.1, 0.15) is 77.0 Å². The summed E-state index contributed by atoms with van der Waals surface area (Å²) in [5.41, 5.74) is 1.23. The second-order valence-electron chi connectivity index (χ2n) is 12.4. The third-order valence-electron chi connectivity index (χ3n) is 9.67. The van der Waals surface area contributed by atoms with E-state index in [2.05, 4.69) is 23.0 Å². The van der Waals surface area contributed by atoms with E-state index >= 15 is 0 Å². The highest BCUT2D eigenvalue weighted by atomic mass is 16.7. The van der Waals surface area contributed by atoms with Crippen LogP contribution in [0.3, 0.4) is 0 Å². The minimum absolute atomic E-state index is 0.00176. The highest BCUT2D eigenvalue weighted by Gasteiger charge is 2.46. The first-order valence-corrected chi connectivity index (χ1v) is 15.8. The van der Waals surface area contributed by atoms with Crippen LogP contribution >= 0.6 is 0 Å². The van der Waals surface area contributed by atoms with Crippen molar-refractivity contribution < 1.29 is 38.3 Å². The number of allylic oxidation sites excluding steroid dienone is 1. The standard InChI is InChI=1S/C32H50O8/c1-35-30(34)21-36-20-25(19-33)23-16-24-18-29(40-32-11-5-7-15-38-32)26(27(24)17-23)12-13-28(22-8-2-3-9-22)39-31-10-4-6-14-37-31/h12-13,17,22,24-29,31-33H,2-11,14-16,18-21H2,1H3/b13-12+/t24-,25?,26+,27-,28+,29+,31?,32?/m0/s1. The smallest absolute Gasteiger partial charge is 0.331 e. The van der Waals surface area contributed by atoms with E-state index in [1.54, 1.807) is 0 Å². The average molecular weight is 563 g/mol. The minimum atomic E-state index is -0.401. The van der Waals surface area contributed by atoms with E-state index in [0.717, 1.165) is 58.2 Å². The summed E-state index contributed by atoms with van der Waals surface area (Å²) in [6.45, 7) is 1.78. The van der Waals surface area contributed by atoms with Crippen LogP contribution in [0.2, 0.25) is 0 Å². The first kappa shape index (κ1) is 30.2. The van der Waals surface area contributed by atoms with Crippen LogP contribution in [0.15, 0.2) is 23.8 Å². The van der Waals surface area contributed by atoms with Gasteiger partial charge in [0.1, 0.15) is 6.61 Å². The fraction of sp³-hybridized carbons (Fsp3) is 0.844. The quantitative estimate of drug-likeness (QED) is 0.249. The summed E-state index contributed by atoms with van der Waals surface area (Å²) in [6.07, 6.45) is 20.4. The van der Waals surface area contributed by atoms with E-state index in [9.17, 15) is 9.90 Å². The molecule has 0 bridgehead atoms. The van der Waals surface area contributed by atoms with Crippen molar-refractivity contribution in [3.63, 3.8) is 0 Å². The largest absolute Gasteiger partial charge is 0.467 e. The van der Waals surface area contributed by atoms with Gasteiger partial charge < -0.3 is 33.5 Å². The van der Waals surface area contributed by atoms with Gasteiger partial charge in [0, 0.05) is 25.0 Å². The number of methoxy groups -OCH3 is 1. The van der Waals surface area contributed by atoms with E-state index in [-0.39, 0.29) is 49.8 Å². The zero-order valence-electron chi connectivity index (χ0n) is 24.3. The summed E-state index contributed by atoms with van der Waals surface area (Å²) >= 11 is 0. The second kappa shape index (κ2) is 15.3. The van der Waals surface area contributed by atoms with Crippen molar-refractivity contribution in [2.75, 3.05) is 40.1 Å². The van der Waals surface area contributed by atoms with Crippen LogP contribution in [0, 0.1) is 29.6 Å². The molecule has 0 radical (unpaired) electrons. The number of aliphatic hydroxyl groups is 1. The normalized spacial score (nSPS) is 34.6. The number of hydrogen-bond donors (Lipinski definition) is 1. The zero-order chi connectivity index (χ0) is 27.7. The number of esters is 1. The molecular formula is C32H50O8. The summed E-state index contributed by atoms with van der Waals surface area (Å²) in [6, 6.07) is 0. The Labute approximate surface area is 239 Å². The molecule has 4 fully saturated rings. The molecule has 3 aliphatic carbocycles. The maximum absolute atomic E-state index is 11.5. The summed E-state index contributed by atoms with van der Waals surface area (Å²) < 4.78 is 35.4. The maximum Gasteiger partial charge on any atom is 0.331 e. The molecule has 0 spiro atoms. The molecule has 2 heterocycles. The summed E-state index contributed by atoms with van der Waals surface area (Å²) in [5, 5.41) is 10.1. The molecule has 3 unspecified atom stereocenters. The van der Waals surface area contributed by atoms with E-state index in [1.807, 2.05) is 0 Å². The van der Waals surface area contributed by atoms with Gasteiger partial charge in [-0.2, -0.15) is 0 Å². The van der Waals surface area contributed by atoms with Crippen molar-refractivity contribution in [1.82, 2.24) is 0 Å². The van der Waals surface area contributed by atoms with Crippen molar-refractivity contribution in [1.29, 1.82) is 0 Å². The Morgan fingerprint density at radius 2 is 1.77 bits per heavy atom. The minimum Gasteiger partial charge on any atom is -0.467 e. The summed E-state index contributed by atoms with van der Waals surface area (Å²) in [7, 11) is 1.35. The van der Waals surface area contributed by atoms with Crippen LogP contribution < -0.4 is 0 Å². The first-order valence-electron chi connectivity index (χ1n) is 15.8. The molecule has 0 amide bonds. The van der Waals surface area contributed by atoms with Crippen molar-refractivity contribution in [3.8, 4) is 0 Å². The lowest BCUT2D eigenvalue weighted by molar-refractivity contribution is -0.193. The van der Waals surface area contributed by atoms with E-state index in [4.69, 9.17) is 23.7 Å². The molecule has 2 saturated heterocycles. The highest BCUT2D eigenvalue weighted by Crippen LogP contribution is 2.50. The number of aliphatic hydroxyl groups excluding tert-OH is 1. The van der Waals surface area contributed by atoms with Gasteiger partial charge in [0.05, 0.1) is 32.5 Å². The van der Waals surface area contributed by atoms with Crippen molar-refractivity contribution in [3.05, 3.63) is 23.8 Å². The number of hydrogen-bond acceptors (Lipinski definition) is 8. The Morgan fingerprint density at radius 1 is 1.05 bits per heavy atom. The van der Waals surface area contributed by atoms with Gasteiger partial charge in [-0.25, -0.2) is 4.79 Å². The molecule has 5 rings (SSSR count). The van der Waals surface area contributed by atoms with Gasteiger partial charge in [0.15, 0.2) is 12.6 Å². The number of fused-ring (bicyclic) bond motifs is 1. The molecule has 5 aliphatic rings. The van der Waals surface area contributed by atoms with E-state index in [1.165, 1.54) is 44.8 Å². The molecule has 8 heteroatoms. The fourth-order valence-corrected chi connectivity index (χ4v) is 7.43. The molecular weight excluding hydrogens is 512 g/mol. The third kappa shape index (κ3) is 7.96. The monoisotopic (exact) mass is 562 g/mol. The number of rotatable bonds is 13. The predicted molar refractivity (Wildman–Crippen MR) is 149 cm³/mol. The molecule has 0 aromatic rings. The van der Waals surface area contributed by atoms with Crippen LogP contribution in [-0.4, -0.2) is 76.0 Å². The van der Waals surface area contributed by atoms with Gasteiger partial charge in [-0.1, -0.05) is 36.6 Å². The Hall–Kier alpha value is -1.29. The molecule has 0 aromatic heterocycles. The third-order valence-corrected chi connectivity index (χ3v) is 9.67. The predicted octanol–water partition coefficient (Wildman–Crippen LogP) is 4.94. The van der Waals surface area contributed by atoms with Gasteiger partial charge in [0.2, 0.25) is 0 Å². The second-order valence-corrected chi connectivity index (χ2v) is 12.4. The van der Waals surface area contributed by atoms with E-state index < -0.39 is 5.97 Å². The topological polar surface area (TPSA) is 92.7 Å². The van der Waals surface area contributed by atoms with Crippen molar-refractivity contribution >= 4 is 5.97 Å². The average Bonchev–Trinajstić information content (AvgIpc) is 3.72. The Morgan fingerprint density at radius 3 is 2.45 bits per heavy atom. The highest BCUT2D eigenvalue weighted by molar-refractivity contribution is 5.70. The number of carbonyl (C=O) groups is 1. The molecule has 226 valence electrons. The fourth-order valence-electron chi connectivity index (χ4n) is 7.43. The SMILES string of the molecule is COC(=O)COCC(CO)C1=C[C@H]2[C@@H](C1)C[C@@H](OC1CCCCO1)[C@@H]2/C=C/[C@@H](OC1CCCCO1)C1CCCC1. The van der Waals surface area contributed by atoms with Crippen LogP contribution in [0.4, 0.5) is 0 Å². The maximum atomic E-state index is 11.5. The number of ether oxygens (including phenoxy) is 6. The zero-order valence-corrected chi connectivity index (χ0v) is 24.3. The first-order chi connectivity index (χ1) is 19.6. The molecule has 1 N–H and O–H groups in total. The lowest BCUT2D eigenvalue weighted by atomic mass is 9.90. The Bertz CT molecular complexity index is 840. The van der Waals surface area contributed by atoms with Gasteiger partial charge in [-0.15, -0.1) is 0 Å². The van der Waals surface area contributed by atoms with Gasteiger partial charge in [0.25, 0.3) is 0 Å². The van der Waals surface area contributed by atoms with Crippen molar-refractivity contribution in [2.45, 2.75) is 102 Å². The van der Waals surface area contributed by atoms with Gasteiger partial charge in [-0.05, 0) is 82.0 Å². The van der Waals surface area contributed by atoms with Crippen LogP contribution in [-0.2, 0) is 33.2 Å². The summed E-state index contributed by atoms with van der Waals surface area (Å²) in [5.74, 6) is 1.05. The lowest BCUT2D eigenvalue weighted by Crippen LogP contribution is -2.32. The molecule has 0 aromatic carbocycles. The van der Waals surface area contributed by atoms with Gasteiger partial charge in [-0.3, -0.25) is 0 Å².